The molecule has 2 aromatic rings. The Kier molecular flexibility index (Phi) is 7.50. The Morgan fingerprint density at radius 1 is 0.783 bits per heavy atom. The van der Waals surface area contributed by atoms with Gasteiger partial charge in [-0.15, -0.1) is 0 Å². The van der Waals surface area contributed by atoms with E-state index in [0.717, 1.165) is 0 Å². The number of benzene rings is 2. The van der Waals surface area contributed by atoms with Crippen LogP contribution in [0.5, 0.6) is 5.75 Å². The van der Waals surface area contributed by atoms with Gasteiger partial charge in [0.15, 0.2) is 0 Å². The third kappa shape index (κ3) is 7.98. The smallest absolute Gasteiger partial charge is 0.404 e. The van der Waals surface area contributed by atoms with Crippen LogP contribution in [0.15, 0.2) is 54.6 Å². The molecule has 0 aliphatic heterocycles. The molecule has 0 radical (unpaired) electrons. The summed E-state index contributed by atoms with van der Waals surface area (Å²) in [6, 6.07) is 16.9. The molecule has 4 nitrogen and oxygen atoms in total. The molecular weight excluding hydrogens is 311 g/mol. The first kappa shape index (κ1) is 19.4. The van der Waals surface area contributed by atoms with Gasteiger partial charge in [0, 0.05) is 0 Å². The molecule has 0 aliphatic rings. The summed E-state index contributed by atoms with van der Waals surface area (Å²) in [4.78, 5) is 16.7. The van der Waals surface area contributed by atoms with Crippen LogP contribution in [0.25, 0.3) is 0 Å². The maximum Gasteiger partial charge on any atom is 0.524 e. The van der Waals surface area contributed by atoms with Gasteiger partial charge < -0.3 is 4.52 Å². The Morgan fingerprint density at radius 2 is 1.17 bits per heavy atom. The van der Waals surface area contributed by atoms with Gasteiger partial charge in [-0.05, 0) is 35.1 Å². The summed E-state index contributed by atoms with van der Waals surface area (Å²) in [7, 11) is -4.39. The van der Waals surface area contributed by atoms with Crippen molar-refractivity contribution in [3.63, 3.8) is 0 Å². The van der Waals surface area contributed by atoms with Crippen molar-refractivity contribution in [3.05, 3.63) is 65.7 Å². The predicted octanol–water partition coefficient (Wildman–Crippen LogP) is 5.09. The second-order valence-electron chi connectivity index (χ2n) is 5.87. The molecule has 0 heterocycles. The Labute approximate surface area is 138 Å². The molecule has 0 atom stereocenters. The average Bonchev–Trinajstić information content (AvgIpc) is 2.47. The van der Waals surface area contributed by atoms with Crippen molar-refractivity contribution in [2.75, 3.05) is 0 Å². The molecule has 126 valence electrons. The minimum atomic E-state index is -4.39. The van der Waals surface area contributed by atoms with E-state index in [0.29, 0.717) is 11.8 Å². The fraction of sp³-hybridized carbons (Fsp3) is 0.333. The molecule has 2 aromatic carbocycles. The maximum absolute atomic E-state index is 10.3. The Morgan fingerprint density at radius 3 is 1.48 bits per heavy atom. The number of para-hydroxylation sites is 1. The molecule has 23 heavy (non-hydrogen) atoms. The van der Waals surface area contributed by atoms with E-state index >= 15 is 0 Å². The third-order valence-electron chi connectivity index (χ3n) is 3.24. The maximum atomic E-state index is 10.3. The lowest BCUT2D eigenvalue weighted by atomic mass is 9.97. The normalized spacial score (nSPS) is 11.1. The number of hydrogen-bond donors (Lipinski definition) is 2. The van der Waals surface area contributed by atoms with Crippen molar-refractivity contribution < 1.29 is 18.9 Å². The summed E-state index contributed by atoms with van der Waals surface area (Å²) in [6.45, 7) is 8.91. The fourth-order valence-corrected chi connectivity index (χ4v) is 2.28. The minimum absolute atomic E-state index is 0.167. The van der Waals surface area contributed by atoms with Gasteiger partial charge in [0.05, 0.1) is 0 Å². The monoisotopic (exact) mass is 336 g/mol. The van der Waals surface area contributed by atoms with Gasteiger partial charge in [0.2, 0.25) is 0 Å². The molecule has 0 aliphatic carbocycles. The van der Waals surface area contributed by atoms with Crippen molar-refractivity contribution in [1.29, 1.82) is 0 Å². The molecule has 0 saturated carbocycles. The zero-order valence-electron chi connectivity index (χ0n) is 14.0. The van der Waals surface area contributed by atoms with Crippen molar-refractivity contribution in [2.45, 2.75) is 39.5 Å². The molecular formula is C18H25O4P. The number of rotatable bonds is 4. The second-order valence-corrected chi connectivity index (χ2v) is 7.03. The topological polar surface area (TPSA) is 66.8 Å². The van der Waals surface area contributed by atoms with Crippen LogP contribution < -0.4 is 4.52 Å². The molecule has 0 spiro atoms. The summed E-state index contributed by atoms with van der Waals surface area (Å²) < 4.78 is 14.5. The van der Waals surface area contributed by atoms with Gasteiger partial charge >= 0.3 is 7.82 Å². The van der Waals surface area contributed by atoms with Crippen LogP contribution in [0.4, 0.5) is 0 Å². The summed E-state index contributed by atoms with van der Waals surface area (Å²) in [6.07, 6.45) is 0. The lowest BCUT2D eigenvalue weighted by Crippen LogP contribution is -1.90. The summed E-state index contributed by atoms with van der Waals surface area (Å²) in [5.41, 5.74) is 2.86. The fourth-order valence-electron chi connectivity index (χ4n) is 1.88. The Balaban J connectivity index is 0.000000231. The zero-order valence-corrected chi connectivity index (χ0v) is 14.9. The summed E-state index contributed by atoms with van der Waals surface area (Å²) >= 11 is 0. The van der Waals surface area contributed by atoms with Gasteiger partial charge in [0.25, 0.3) is 0 Å². The van der Waals surface area contributed by atoms with Crippen molar-refractivity contribution in [2.24, 2.45) is 0 Å². The summed E-state index contributed by atoms with van der Waals surface area (Å²) in [5, 5.41) is 0. The first-order valence-electron chi connectivity index (χ1n) is 7.59. The van der Waals surface area contributed by atoms with E-state index < -0.39 is 7.82 Å². The van der Waals surface area contributed by atoms with Gasteiger partial charge in [-0.2, -0.15) is 0 Å². The van der Waals surface area contributed by atoms with E-state index in [2.05, 4.69) is 56.5 Å². The van der Waals surface area contributed by atoms with Gasteiger partial charge in [-0.1, -0.05) is 70.2 Å². The van der Waals surface area contributed by atoms with Gasteiger partial charge in [0.1, 0.15) is 5.75 Å². The lowest BCUT2D eigenvalue weighted by Gasteiger charge is -2.08. The average molecular weight is 336 g/mol. The zero-order chi connectivity index (χ0) is 17.5. The van der Waals surface area contributed by atoms with E-state index in [1.165, 1.54) is 23.3 Å². The summed E-state index contributed by atoms with van der Waals surface area (Å²) in [5.74, 6) is 1.46. The van der Waals surface area contributed by atoms with Crippen molar-refractivity contribution in [3.8, 4) is 5.75 Å². The van der Waals surface area contributed by atoms with Gasteiger partial charge in [-0.3, -0.25) is 9.79 Å². The molecule has 2 N–H and O–H groups in total. The number of hydrogen-bond acceptors (Lipinski definition) is 2. The lowest BCUT2D eigenvalue weighted by molar-refractivity contribution is 0.283. The minimum Gasteiger partial charge on any atom is -0.404 e. The van der Waals surface area contributed by atoms with Crippen LogP contribution >= 0.6 is 7.82 Å². The molecule has 2 rings (SSSR count). The van der Waals surface area contributed by atoms with Gasteiger partial charge in [-0.25, -0.2) is 4.57 Å². The highest BCUT2D eigenvalue weighted by molar-refractivity contribution is 7.46. The molecule has 5 heteroatoms. The molecule has 0 unspecified atom stereocenters. The quantitative estimate of drug-likeness (QED) is 0.763. The molecule has 0 fully saturated rings. The van der Waals surface area contributed by atoms with E-state index in [9.17, 15) is 4.57 Å². The van der Waals surface area contributed by atoms with Crippen LogP contribution in [-0.4, -0.2) is 9.79 Å². The highest BCUT2D eigenvalue weighted by Crippen LogP contribution is 2.36. The Hall–Kier alpha value is -1.61. The van der Waals surface area contributed by atoms with Crippen LogP contribution in [-0.2, 0) is 4.57 Å². The van der Waals surface area contributed by atoms with E-state index in [-0.39, 0.29) is 5.75 Å². The van der Waals surface area contributed by atoms with Crippen LogP contribution in [0.1, 0.15) is 50.7 Å². The first-order chi connectivity index (χ1) is 10.7. The third-order valence-corrected chi connectivity index (χ3v) is 3.69. The standard InChI is InChI=1S/C12H18.C6H7O4P/c1-9(2)11-5-7-12(8-6-11)10(3)4;7-11(8,9)10-6-4-2-1-3-5-6/h5-10H,1-4H3;1-5H,(H2,7,8,9). The highest BCUT2D eigenvalue weighted by atomic mass is 31.2. The second kappa shape index (κ2) is 8.88. The SMILES string of the molecule is CC(C)c1ccc(C(C)C)cc1.O=P(O)(O)Oc1ccccc1. The molecule has 0 bridgehead atoms. The number of phosphoric acid groups is 1. The van der Waals surface area contributed by atoms with Crippen LogP contribution in [0.2, 0.25) is 0 Å². The van der Waals surface area contributed by atoms with Crippen molar-refractivity contribution in [1.82, 2.24) is 0 Å². The van der Waals surface area contributed by atoms with E-state index in [1.54, 1.807) is 18.2 Å². The molecule has 0 amide bonds. The van der Waals surface area contributed by atoms with E-state index in [1.807, 2.05) is 0 Å². The van der Waals surface area contributed by atoms with E-state index in [4.69, 9.17) is 9.79 Å². The molecule has 0 saturated heterocycles. The van der Waals surface area contributed by atoms with Crippen molar-refractivity contribution >= 4 is 7.82 Å². The van der Waals surface area contributed by atoms with Crippen LogP contribution in [0.3, 0.4) is 0 Å². The molecule has 0 aromatic heterocycles. The number of phosphoric ester groups is 1. The Bertz CT molecular complexity index is 588. The predicted molar refractivity (Wildman–Crippen MR) is 93.7 cm³/mol. The largest absolute Gasteiger partial charge is 0.524 e. The first-order valence-corrected chi connectivity index (χ1v) is 9.12. The van der Waals surface area contributed by atoms with Crippen LogP contribution in [0, 0.1) is 0 Å². The highest BCUT2D eigenvalue weighted by Gasteiger charge is 2.14.